The first-order chi connectivity index (χ1) is 17.8. The maximum absolute atomic E-state index is 13.0. The van der Waals surface area contributed by atoms with Crippen LogP contribution in [0.4, 0.5) is 11.4 Å². The molecule has 2 saturated carbocycles. The van der Waals surface area contributed by atoms with Gasteiger partial charge < -0.3 is 15.5 Å². The van der Waals surface area contributed by atoms with Crippen LogP contribution < -0.4 is 10.2 Å². The lowest BCUT2D eigenvalue weighted by atomic mass is 9.67. The predicted molar refractivity (Wildman–Crippen MR) is 137 cm³/mol. The number of hydrogen-bond acceptors (Lipinski definition) is 5. The van der Waals surface area contributed by atoms with Gasteiger partial charge in [0, 0.05) is 24.7 Å². The first-order valence-corrected chi connectivity index (χ1v) is 13.8. The fourth-order valence-corrected chi connectivity index (χ4v) is 7.82. The maximum atomic E-state index is 13.0. The van der Waals surface area contributed by atoms with Crippen LogP contribution in [-0.4, -0.2) is 63.5 Å². The van der Waals surface area contributed by atoms with Crippen LogP contribution in [0.1, 0.15) is 70.6 Å². The molecule has 200 valence electrons. The van der Waals surface area contributed by atoms with E-state index in [1.54, 1.807) is 18.2 Å². The monoisotopic (exact) mass is 511 g/mol. The Balaban J connectivity index is 1.37. The van der Waals surface area contributed by atoms with Crippen molar-refractivity contribution in [2.45, 2.75) is 88.8 Å². The first-order valence-electron chi connectivity index (χ1n) is 13.8. The number of amides is 2. The van der Waals surface area contributed by atoms with Gasteiger partial charge in [-0.2, -0.15) is 0 Å². The lowest BCUT2D eigenvalue weighted by Gasteiger charge is -2.53. The number of anilines is 2. The van der Waals surface area contributed by atoms with Crippen LogP contribution in [-0.2, 0) is 19.2 Å². The third-order valence-electron chi connectivity index (χ3n) is 9.17. The smallest absolute Gasteiger partial charge is 0.394 e. The minimum absolute atomic E-state index is 0.117. The Morgan fingerprint density at radius 1 is 0.838 bits per heavy atom. The van der Waals surface area contributed by atoms with E-state index < -0.39 is 23.8 Å². The molecule has 2 aliphatic carbocycles. The zero-order valence-corrected chi connectivity index (χ0v) is 21.2. The molecule has 9 nitrogen and oxygen atoms in total. The molecule has 2 unspecified atom stereocenters. The van der Waals surface area contributed by atoms with Gasteiger partial charge in [-0.1, -0.05) is 37.8 Å². The van der Waals surface area contributed by atoms with E-state index >= 15 is 0 Å². The van der Waals surface area contributed by atoms with Crippen molar-refractivity contribution in [3.05, 3.63) is 24.3 Å². The Morgan fingerprint density at radius 2 is 1.46 bits per heavy atom. The Hall–Kier alpha value is -2.94. The summed E-state index contributed by atoms with van der Waals surface area (Å²) < 4.78 is 0. The number of carboxylic acids is 2. The van der Waals surface area contributed by atoms with Gasteiger partial charge in [0.2, 0.25) is 0 Å². The van der Waals surface area contributed by atoms with Gasteiger partial charge in [0.1, 0.15) is 0 Å². The van der Waals surface area contributed by atoms with E-state index in [4.69, 9.17) is 5.11 Å². The van der Waals surface area contributed by atoms with E-state index in [9.17, 15) is 24.3 Å². The molecule has 4 aliphatic rings. The number of piperidine rings is 2. The number of hydrogen-bond donors (Lipinski definition) is 3. The molecule has 0 aromatic heterocycles. The summed E-state index contributed by atoms with van der Waals surface area (Å²) in [4.78, 5) is 51.9. The van der Waals surface area contributed by atoms with Gasteiger partial charge in [0.25, 0.3) is 0 Å². The quantitative estimate of drug-likeness (QED) is 0.514. The summed E-state index contributed by atoms with van der Waals surface area (Å²) in [6.07, 6.45) is 12.7. The summed E-state index contributed by atoms with van der Waals surface area (Å²) in [6, 6.07) is 6.55. The number of nitrogens with zero attached hydrogens (tertiary/aromatic N) is 2. The van der Waals surface area contributed by atoms with Gasteiger partial charge in [0.15, 0.2) is 0 Å². The molecule has 2 aliphatic heterocycles. The Labute approximate surface area is 217 Å². The number of para-hydroxylation sites is 2. The van der Waals surface area contributed by atoms with Crippen LogP contribution >= 0.6 is 0 Å². The first kappa shape index (κ1) is 25.7. The second kappa shape index (κ2) is 10.8. The summed E-state index contributed by atoms with van der Waals surface area (Å²) in [5.41, 5.74) is 0.340. The van der Waals surface area contributed by atoms with E-state index in [-0.39, 0.29) is 29.5 Å². The number of rotatable bonds is 5. The molecule has 37 heavy (non-hydrogen) atoms. The van der Waals surface area contributed by atoms with Crippen molar-refractivity contribution in [3.8, 4) is 0 Å². The van der Waals surface area contributed by atoms with Gasteiger partial charge >= 0.3 is 23.8 Å². The van der Waals surface area contributed by atoms with E-state index in [0.29, 0.717) is 18.8 Å². The lowest BCUT2D eigenvalue weighted by Crippen LogP contribution is -2.59. The molecule has 4 bridgehead atoms. The van der Waals surface area contributed by atoms with Crippen molar-refractivity contribution in [1.82, 2.24) is 4.90 Å². The predicted octanol–water partition coefficient (Wildman–Crippen LogP) is 3.73. The summed E-state index contributed by atoms with van der Waals surface area (Å²) in [5, 5.41) is 21.0. The highest BCUT2D eigenvalue weighted by molar-refractivity contribution is 6.39. The minimum Gasteiger partial charge on any atom is -0.474 e. The average molecular weight is 512 g/mol. The molecule has 2 saturated heterocycles. The zero-order chi connectivity index (χ0) is 26.1. The highest BCUT2D eigenvalue weighted by Crippen LogP contribution is 2.45. The summed E-state index contributed by atoms with van der Waals surface area (Å²) in [6.45, 7) is 1.09. The molecule has 2 heterocycles. The second-order valence-corrected chi connectivity index (χ2v) is 11.6. The largest absolute Gasteiger partial charge is 0.474 e. The number of nitrogens with one attached hydrogen (secondary N) is 1. The van der Waals surface area contributed by atoms with Gasteiger partial charge in [-0.15, -0.1) is 0 Å². The number of carboxylic acid groups (broad SMARTS) is 2. The molecule has 9 heteroatoms. The second-order valence-electron chi connectivity index (χ2n) is 11.6. The van der Waals surface area contributed by atoms with Crippen molar-refractivity contribution >= 4 is 35.1 Å². The standard InChI is InChI=1S/C28H37N3O6/c32-25(27(34)35)29-23-9-1-2-10-24(23)31(26(33)28(36)37)22-14-20-7-4-8-21(15-22)30(20)16-19-12-17-5-3-6-18(11-17)13-19/h1-2,9-10,17-22H,3-8,11-16H2,(H,29,32)(H,34,35)(H,36,37)/t17-,18+,19?,20-,21+,22?. The fraction of sp³-hybridized carbons (Fsp3) is 0.643. The van der Waals surface area contributed by atoms with Gasteiger partial charge in [-0.3, -0.25) is 19.4 Å². The van der Waals surface area contributed by atoms with E-state index in [2.05, 4.69) is 10.2 Å². The molecular formula is C28H37N3O6. The highest BCUT2D eigenvalue weighted by atomic mass is 16.4. The molecule has 4 fully saturated rings. The molecule has 5 rings (SSSR count). The molecule has 6 atom stereocenters. The van der Waals surface area contributed by atoms with Crippen LogP contribution in [0, 0.1) is 17.8 Å². The van der Waals surface area contributed by atoms with Gasteiger partial charge in [-0.05, 0) is 74.8 Å². The topological polar surface area (TPSA) is 127 Å². The third-order valence-corrected chi connectivity index (χ3v) is 9.17. The van der Waals surface area contributed by atoms with Crippen molar-refractivity contribution in [2.75, 3.05) is 16.8 Å². The van der Waals surface area contributed by atoms with Crippen LogP contribution in [0.5, 0.6) is 0 Å². The fourth-order valence-electron chi connectivity index (χ4n) is 7.82. The van der Waals surface area contributed by atoms with E-state index in [1.165, 1.54) is 49.5 Å². The summed E-state index contributed by atoms with van der Waals surface area (Å²) in [7, 11) is 0. The summed E-state index contributed by atoms with van der Waals surface area (Å²) in [5.74, 6) is -3.06. The molecular weight excluding hydrogens is 474 g/mol. The molecule has 3 N–H and O–H groups in total. The van der Waals surface area contributed by atoms with Crippen molar-refractivity contribution in [3.63, 3.8) is 0 Å². The maximum Gasteiger partial charge on any atom is 0.394 e. The third kappa shape index (κ3) is 5.51. The molecule has 0 radical (unpaired) electrons. The Morgan fingerprint density at radius 3 is 2.08 bits per heavy atom. The number of fused-ring (bicyclic) bond motifs is 4. The van der Waals surface area contributed by atoms with E-state index in [1.807, 2.05) is 0 Å². The van der Waals surface area contributed by atoms with Crippen molar-refractivity contribution < 1.29 is 29.4 Å². The highest BCUT2D eigenvalue weighted by Gasteiger charge is 2.44. The minimum atomic E-state index is -1.65. The average Bonchev–Trinajstić information content (AvgIpc) is 2.85. The molecule has 2 amide bonds. The molecule has 1 aromatic rings. The Bertz CT molecular complexity index is 1030. The van der Waals surface area contributed by atoms with E-state index in [0.717, 1.165) is 37.6 Å². The van der Waals surface area contributed by atoms with Crippen LogP contribution in [0.15, 0.2) is 24.3 Å². The number of benzene rings is 1. The van der Waals surface area contributed by atoms with Crippen LogP contribution in [0.2, 0.25) is 0 Å². The van der Waals surface area contributed by atoms with Gasteiger partial charge in [0.05, 0.1) is 11.4 Å². The van der Waals surface area contributed by atoms with Gasteiger partial charge in [-0.25, -0.2) is 9.59 Å². The van der Waals surface area contributed by atoms with Crippen LogP contribution in [0.3, 0.4) is 0 Å². The summed E-state index contributed by atoms with van der Waals surface area (Å²) >= 11 is 0. The van der Waals surface area contributed by atoms with Crippen LogP contribution in [0.25, 0.3) is 0 Å². The lowest BCUT2D eigenvalue weighted by molar-refractivity contribution is -0.149. The number of aliphatic carboxylic acids is 2. The zero-order valence-electron chi connectivity index (χ0n) is 21.2. The molecule has 1 aromatic carbocycles. The number of carbonyl (C=O) groups is 4. The SMILES string of the molecule is O=C(O)C(=O)Nc1ccccc1N(C(=O)C(=O)O)C1C[C@H]2CCC[C@@H](C1)N2CC1C[C@H]2CCC[C@@H](C1)C2. The number of carbonyl (C=O) groups excluding carboxylic acids is 2. The normalized spacial score (nSPS) is 31.2. The molecule has 0 spiro atoms. The Kier molecular flexibility index (Phi) is 7.51. The van der Waals surface area contributed by atoms with Crippen molar-refractivity contribution in [1.29, 1.82) is 0 Å². The van der Waals surface area contributed by atoms with Crippen molar-refractivity contribution in [2.24, 2.45) is 17.8 Å².